The molecule has 2 aromatic carbocycles. The molecule has 26 heavy (non-hydrogen) atoms. The summed E-state index contributed by atoms with van der Waals surface area (Å²) in [6, 6.07) is 13.2. The first-order chi connectivity index (χ1) is 12.4. The number of sulfonamides is 1. The molecule has 2 aromatic rings. The highest BCUT2D eigenvalue weighted by molar-refractivity contribution is 7.92. The number of nitrogens with one attached hydrogen (secondary N) is 1. The third-order valence-electron chi connectivity index (χ3n) is 4.12. The quantitative estimate of drug-likeness (QED) is 0.871. The number of carbonyl (C=O) groups is 1. The van der Waals surface area contributed by atoms with Crippen molar-refractivity contribution in [2.45, 2.75) is 12.8 Å². The number of halogens is 1. The summed E-state index contributed by atoms with van der Waals surface area (Å²) in [5, 5.41) is 12.1. The Morgan fingerprint density at radius 2 is 1.96 bits per heavy atom. The topological polar surface area (TPSA) is 90.3 Å². The molecular weight excluding hydrogens is 374 g/mol. The molecule has 0 aromatic heterocycles. The molecule has 1 N–H and O–H groups in total. The van der Waals surface area contributed by atoms with Crippen molar-refractivity contribution in [3.8, 4) is 6.07 Å². The molecule has 1 aliphatic heterocycles. The molecule has 0 radical (unpaired) electrons. The van der Waals surface area contributed by atoms with Crippen LogP contribution in [0.5, 0.6) is 0 Å². The van der Waals surface area contributed by atoms with Gasteiger partial charge in [-0.2, -0.15) is 5.26 Å². The minimum absolute atomic E-state index is 0.0648. The first kappa shape index (κ1) is 18.2. The lowest BCUT2D eigenvalue weighted by Gasteiger charge is -2.29. The zero-order valence-electron chi connectivity index (χ0n) is 13.8. The van der Waals surface area contributed by atoms with Gasteiger partial charge in [-0.25, -0.2) is 8.42 Å². The van der Waals surface area contributed by atoms with Gasteiger partial charge in [-0.1, -0.05) is 23.7 Å². The zero-order valence-corrected chi connectivity index (χ0v) is 15.3. The van der Waals surface area contributed by atoms with Crippen molar-refractivity contribution in [3.63, 3.8) is 0 Å². The Balaban J connectivity index is 1.92. The fourth-order valence-electron chi connectivity index (χ4n) is 2.79. The van der Waals surface area contributed by atoms with Crippen LogP contribution < -0.4 is 9.62 Å². The molecule has 0 spiro atoms. The molecule has 8 heteroatoms. The highest BCUT2D eigenvalue weighted by atomic mass is 35.5. The highest BCUT2D eigenvalue weighted by Crippen LogP contribution is 2.32. The summed E-state index contributed by atoms with van der Waals surface area (Å²) in [6.07, 6.45) is 1.35. The SMILES string of the molecule is N#Cc1ccccc1NC(=O)c1ccc(Cl)c(N2CCCCS2(=O)=O)c1. The van der Waals surface area contributed by atoms with Gasteiger partial charge in [0, 0.05) is 12.1 Å². The first-order valence-corrected chi connectivity index (χ1v) is 10.0. The Bertz CT molecular complexity index is 999. The third-order valence-corrected chi connectivity index (χ3v) is 6.30. The van der Waals surface area contributed by atoms with Crippen molar-refractivity contribution in [2.24, 2.45) is 0 Å². The van der Waals surface area contributed by atoms with Crippen LogP contribution in [0, 0.1) is 11.3 Å². The van der Waals surface area contributed by atoms with Gasteiger partial charge in [0.2, 0.25) is 10.0 Å². The normalized spacial score (nSPS) is 15.9. The van der Waals surface area contributed by atoms with Gasteiger partial charge >= 0.3 is 0 Å². The number of hydrogen-bond donors (Lipinski definition) is 1. The molecule has 134 valence electrons. The number of rotatable bonds is 3. The van der Waals surface area contributed by atoms with E-state index in [-0.39, 0.29) is 16.3 Å². The van der Waals surface area contributed by atoms with Crippen LogP contribution in [0.2, 0.25) is 5.02 Å². The lowest BCUT2D eigenvalue weighted by atomic mass is 10.1. The van der Waals surface area contributed by atoms with E-state index >= 15 is 0 Å². The molecule has 1 amide bonds. The first-order valence-electron chi connectivity index (χ1n) is 8.03. The maximum absolute atomic E-state index is 12.6. The summed E-state index contributed by atoms with van der Waals surface area (Å²) in [6.45, 7) is 0.338. The van der Waals surface area contributed by atoms with Crippen LogP contribution >= 0.6 is 11.6 Å². The van der Waals surface area contributed by atoms with E-state index in [4.69, 9.17) is 16.9 Å². The molecule has 1 aliphatic rings. The number of hydrogen-bond acceptors (Lipinski definition) is 4. The van der Waals surface area contributed by atoms with Gasteiger partial charge in [-0.3, -0.25) is 9.10 Å². The standard InChI is InChI=1S/C18H16ClN3O3S/c19-15-8-7-13(11-17(15)22-9-3-4-10-26(22,24)25)18(23)21-16-6-2-1-5-14(16)12-20/h1-2,5-8,11H,3-4,9-10H2,(H,21,23). The average Bonchev–Trinajstić information content (AvgIpc) is 2.62. The average molecular weight is 390 g/mol. The van der Waals surface area contributed by atoms with Gasteiger partial charge in [0.1, 0.15) is 6.07 Å². The van der Waals surface area contributed by atoms with Gasteiger partial charge in [0.15, 0.2) is 0 Å². The lowest BCUT2D eigenvalue weighted by Crippen LogP contribution is -2.38. The second-order valence-electron chi connectivity index (χ2n) is 5.87. The molecular formula is C18H16ClN3O3S. The molecule has 3 rings (SSSR count). The number of amides is 1. The highest BCUT2D eigenvalue weighted by Gasteiger charge is 2.28. The molecule has 1 fully saturated rings. The Labute approximate surface area is 157 Å². The Hall–Kier alpha value is -2.56. The molecule has 0 aliphatic carbocycles. The van der Waals surface area contributed by atoms with E-state index in [1.54, 1.807) is 24.3 Å². The molecule has 0 unspecified atom stereocenters. The third kappa shape index (κ3) is 3.66. The van der Waals surface area contributed by atoms with Gasteiger partial charge in [0.05, 0.1) is 27.7 Å². The van der Waals surface area contributed by atoms with E-state index in [1.165, 1.54) is 22.5 Å². The van der Waals surface area contributed by atoms with Crippen LogP contribution in [-0.4, -0.2) is 26.6 Å². The van der Waals surface area contributed by atoms with E-state index in [1.807, 2.05) is 6.07 Å². The summed E-state index contributed by atoms with van der Waals surface area (Å²) in [5.74, 6) is -0.380. The van der Waals surface area contributed by atoms with Crippen LogP contribution in [0.4, 0.5) is 11.4 Å². The van der Waals surface area contributed by atoms with E-state index < -0.39 is 15.9 Å². The summed E-state index contributed by atoms with van der Waals surface area (Å²) < 4.78 is 25.9. The van der Waals surface area contributed by atoms with Crippen molar-refractivity contribution in [2.75, 3.05) is 21.9 Å². The number of para-hydroxylation sites is 1. The Morgan fingerprint density at radius 1 is 1.19 bits per heavy atom. The van der Waals surface area contributed by atoms with E-state index in [0.717, 1.165) is 6.42 Å². The minimum atomic E-state index is -3.44. The maximum Gasteiger partial charge on any atom is 0.255 e. The number of nitrogens with zero attached hydrogens (tertiary/aromatic N) is 2. The molecule has 1 heterocycles. The van der Waals surface area contributed by atoms with E-state index in [2.05, 4.69) is 5.32 Å². The predicted octanol–water partition coefficient (Wildman–Crippen LogP) is 3.39. The van der Waals surface area contributed by atoms with Gasteiger partial charge < -0.3 is 5.32 Å². The minimum Gasteiger partial charge on any atom is -0.321 e. The fraction of sp³-hybridized carbons (Fsp3) is 0.222. The fourth-order valence-corrected chi connectivity index (χ4v) is 4.71. The molecule has 0 saturated carbocycles. The number of carbonyl (C=O) groups excluding carboxylic acids is 1. The summed E-state index contributed by atoms with van der Waals surface area (Å²) in [5.41, 5.74) is 1.29. The summed E-state index contributed by atoms with van der Waals surface area (Å²) in [4.78, 5) is 12.6. The number of nitriles is 1. The van der Waals surface area contributed by atoms with Gasteiger partial charge in [-0.05, 0) is 43.2 Å². The second-order valence-corrected chi connectivity index (χ2v) is 8.29. The predicted molar refractivity (Wildman–Crippen MR) is 101 cm³/mol. The molecule has 0 bridgehead atoms. The van der Waals surface area contributed by atoms with Gasteiger partial charge in [-0.15, -0.1) is 0 Å². The Kier molecular flexibility index (Phi) is 5.16. The molecule has 6 nitrogen and oxygen atoms in total. The van der Waals surface area contributed by atoms with Crippen molar-refractivity contribution < 1.29 is 13.2 Å². The van der Waals surface area contributed by atoms with Crippen LogP contribution in [-0.2, 0) is 10.0 Å². The molecule has 0 atom stereocenters. The van der Waals surface area contributed by atoms with E-state index in [0.29, 0.717) is 29.9 Å². The smallest absolute Gasteiger partial charge is 0.255 e. The van der Waals surface area contributed by atoms with Crippen LogP contribution in [0.3, 0.4) is 0 Å². The lowest BCUT2D eigenvalue weighted by molar-refractivity contribution is 0.102. The van der Waals surface area contributed by atoms with Crippen molar-refractivity contribution in [3.05, 3.63) is 58.6 Å². The second kappa shape index (κ2) is 7.36. The largest absolute Gasteiger partial charge is 0.321 e. The van der Waals surface area contributed by atoms with Crippen LogP contribution in [0.15, 0.2) is 42.5 Å². The van der Waals surface area contributed by atoms with Crippen molar-refractivity contribution in [1.82, 2.24) is 0 Å². The molecule has 1 saturated heterocycles. The zero-order chi connectivity index (χ0) is 18.7. The van der Waals surface area contributed by atoms with Gasteiger partial charge in [0.25, 0.3) is 5.91 Å². The summed E-state index contributed by atoms with van der Waals surface area (Å²) in [7, 11) is -3.44. The number of benzene rings is 2. The Morgan fingerprint density at radius 3 is 2.69 bits per heavy atom. The van der Waals surface area contributed by atoms with Crippen LogP contribution in [0.1, 0.15) is 28.8 Å². The van der Waals surface area contributed by atoms with E-state index in [9.17, 15) is 13.2 Å². The number of anilines is 2. The van der Waals surface area contributed by atoms with Crippen molar-refractivity contribution in [1.29, 1.82) is 5.26 Å². The van der Waals surface area contributed by atoms with Crippen LogP contribution in [0.25, 0.3) is 0 Å². The summed E-state index contributed by atoms with van der Waals surface area (Å²) >= 11 is 6.19. The van der Waals surface area contributed by atoms with Crippen molar-refractivity contribution >= 4 is 38.9 Å². The maximum atomic E-state index is 12.6. The monoisotopic (exact) mass is 389 g/mol.